The lowest BCUT2D eigenvalue weighted by atomic mass is 9.94. The molecule has 2 amide bonds. The number of rotatable bonds is 10. The summed E-state index contributed by atoms with van der Waals surface area (Å²) in [6.07, 6.45) is 2.34. The molecule has 1 heterocycles. The molecule has 1 aliphatic carbocycles. The number of nitrogens with one attached hydrogen (secondary N) is 1. The summed E-state index contributed by atoms with van der Waals surface area (Å²) in [5.74, 6) is -0.692. The van der Waals surface area contributed by atoms with Gasteiger partial charge in [-0.3, -0.25) is 5.32 Å². The number of nitrogens with zero attached hydrogens (tertiary/aromatic N) is 2. The first-order valence-corrected chi connectivity index (χ1v) is 12.6. The van der Waals surface area contributed by atoms with Crippen molar-refractivity contribution in [3.63, 3.8) is 0 Å². The van der Waals surface area contributed by atoms with Crippen LogP contribution in [0.1, 0.15) is 43.2 Å². The molecule has 1 aromatic carbocycles. The SMILES string of the molecule is O=CCSc1cnc(NC(=O)N(CCOCc2c(F)cccc2C(F)(F)F)C2CCCCC2)s1. The number of halogens is 4. The number of ether oxygens (including phenoxy) is 1. The van der Waals surface area contributed by atoms with E-state index in [1.165, 1.54) is 23.1 Å². The molecule has 0 aliphatic heterocycles. The Hall–Kier alpha value is -2.18. The van der Waals surface area contributed by atoms with Crippen molar-refractivity contribution in [2.24, 2.45) is 0 Å². The van der Waals surface area contributed by atoms with E-state index in [4.69, 9.17) is 4.74 Å². The molecular formula is C22H25F4N3O3S2. The number of urea groups is 1. The number of carbonyl (C=O) groups is 2. The number of thioether (sulfide) groups is 1. The van der Waals surface area contributed by atoms with E-state index in [0.29, 0.717) is 10.9 Å². The molecule has 1 aromatic heterocycles. The first-order chi connectivity index (χ1) is 16.3. The van der Waals surface area contributed by atoms with Crippen molar-refractivity contribution in [3.05, 3.63) is 41.3 Å². The van der Waals surface area contributed by atoms with Crippen molar-refractivity contribution in [2.75, 3.05) is 24.2 Å². The van der Waals surface area contributed by atoms with Crippen LogP contribution in [0.5, 0.6) is 0 Å². The molecule has 0 radical (unpaired) electrons. The quantitative estimate of drug-likeness (QED) is 0.181. The second-order valence-corrected chi connectivity index (χ2v) is 10.0. The van der Waals surface area contributed by atoms with Crippen molar-refractivity contribution in [2.45, 2.75) is 55.1 Å². The van der Waals surface area contributed by atoms with Crippen LogP contribution in [0.15, 0.2) is 28.6 Å². The second kappa shape index (κ2) is 12.5. The number of amides is 2. The average Bonchev–Trinajstić information content (AvgIpc) is 3.25. The molecule has 34 heavy (non-hydrogen) atoms. The summed E-state index contributed by atoms with van der Waals surface area (Å²) in [6.45, 7) is -0.455. The topological polar surface area (TPSA) is 71.5 Å². The minimum absolute atomic E-state index is 0.0274. The summed E-state index contributed by atoms with van der Waals surface area (Å²) in [6, 6.07) is 2.39. The molecule has 1 saturated carbocycles. The first kappa shape index (κ1) is 26.4. The molecule has 0 spiro atoms. The molecule has 1 aliphatic rings. The number of carbonyl (C=O) groups excluding carboxylic acids is 2. The zero-order valence-electron chi connectivity index (χ0n) is 18.3. The van der Waals surface area contributed by atoms with E-state index < -0.39 is 29.7 Å². The van der Waals surface area contributed by atoms with Crippen LogP contribution in [0.3, 0.4) is 0 Å². The average molecular weight is 520 g/mol. The van der Waals surface area contributed by atoms with Gasteiger partial charge in [-0.25, -0.2) is 14.2 Å². The Kier molecular flexibility index (Phi) is 9.72. The van der Waals surface area contributed by atoms with Gasteiger partial charge in [-0.2, -0.15) is 13.2 Å². The fourth-order valence-corrected chi connectivity index (χ4v) is 5.39. The molecule has 186 valence electrons. The number of aldehydes is 1. The Morgan fingerprint density at radius 2 is 2.06 bits per heavy atom. The van der Waals surface area contributed by atoms with Gasteiger partial charge in [0.05, 0.1) is 34.9 Å². The maximum Gasteiger partial charge on any atom is 0.416 e. The van der Waals surface area contributed by atoms with Crippen LogP contribution in [0.25, 0.3) is 0 Å². The van der Waals surface area contributed by atoms with Crippen molar-refractivity contribution in [3.8, 4) is 0 Å². The summed E-state index contributed by atoms with van der Waals surface area (Å²) in [5.41, 5.74) is -1.62. The summed E-state index contributed by atoms with van der Waals surface area (Å²) < 4.78 is 59.8. The van der Waals surface area contributed by atoms with Crippen LogP contribution in [-0.2, 0) is 22.3 Å². The lowest BCUT2D eigenvalue weighted by molar-refractivity contribution is -0.139. The summed E-state index contributed by atoms with van der Waals surface area (Å²) in [5, 5.41) is 3.15. The number of hydrogen-bond acceptors (Lipinski definition) is 6. The van der Waals surface area contributed by atoms with Gasteiger partial charge in [0.2, 0.25) is 0 Å². The van der Waals surface area contributed by atoms with Gasteiger partial charge in [0, 0.05) is 18.2 Å². The number of aromatic nitrogens is 1. The van der Waals surface area contributed by atoms with E-state index in [9.17, 15) is 27.2 Å². The third-order valence-electron chi connectivity index (χ3n) is 5.42. The van der Waals surface area contributed by atoms with Gasteiger partial charge in [0.15, 0.2) is 5.13 Å². The highest BCUT2D eigenvalue weighted by atomic mass is 32.2. The molecule has 1 N–H and O–H groups in total. The molecule has 12 heteroatoms. The third kappa shape index (κ3) is 7.41. The van der Waals surface area contributed by atoms with Gasteiger partial charge < -0.3 is 14.4 Å². The van der Waals surface area contributed by atoms with Gasteiger partial charge >= 0.3 is 12.2 Å². The Balaban J connectivity index is 1.62. The van der Waals surface area contributed by atoms with Crippen LogP contribution in [-0.4, -0.2) is 47.1 Å². The lowest BCUT2D eigenvalue weighted by Gasteiger charge is -2.34. The largest absolute Gasteiger partial charge is 0.416 e. The van der Waals surface area contributed by atoms with Crippen molar-refractivity contribution in [1.29, 1.82) is 0 Å². The summed E-state index contributed by atoms with van der Waals surface area (Å²) in [7, 11) is 0. The van der Waals surface area contributed by atoms with Crippen molar-refractivity contribution >= 4 is 40.5 Å². The van der Waals surface area contributed by atoms with E-state index in [0.717, 1.165) is 60.8 Å². The second-order valence-electron chi connectivity index (χ2n) is 7.69. The molecule has 2 aromatic rings. The van der Waals surface area contributed by atoms with Crippen LogP contribution < -0.4 is 5.32 Å². The Morgan fingerprint density at radius 3 is 2.76 bits per heavy atom. The maximum atomic E-state index is 14.0. The Morgan fingerprint density at radius 1 is 1.29 bits per heavy atom. The predicted octanol–water partition coefficient (Wildman–Crippen LogP) is 5.98. The molecule has 6 nitrogen and oxygen atoms in total. The standard InChI is InChI=1S/C22H25F4N3O3S2/c23-18-8-4-7-17(22(24,25)26)16(18)14-32-11-9-29(15-5-2-1-3-6-15)21(31)28-20-27-13-19(34-20)33-12-10-30/h4,7-8,10,13,15H,1-3,5-6,9,11-12,14H2,(H,27,28,31). The van der Waals surface area contributed by atoms with Gasteiger partial charge in [0.1, 0.15) is 12.1 Å². The van der Waals surface area contributed by atoms with Crippen LogP contribution >= 0.6 is 23.1 Å². The van der Waals surface area contributed by atoms with Crippen LogP contribution in [0, 0.1) is 5.82 Å². The van der Waals surface area contributed by atoms with E-state index >= 15 is 0 Å². The van der Waals surface area contributed by atoms with Gasteiger partial charge in [0.25, 0.3) is 0 Å². The van der Waals surface area contributed by atoms with Crippen molar-refractivity contribution < 1.29 is 31.9 Å². The molecular weight excluding hydrogens is 494 g/mol. The van der Waals surface area contributed by atoms with E-state index in [1.807, 2.05) is 0 Å². The number of anilines is 1. The monoisotopic (exact) mass is 519 g/mol. The minimum atomic E-state index is -4.69. The summed E-state index contributed by atoms with van der Waals surface area (Å²) >= 11 is 2.57. The maximum absolute atomic E-state index is 14.0. The fraction of sp³-hybridized carbons (Fsp3) is 0.500. The van der Waals surface area contributed by atoms with E-state index in [2.05, 4.69) is 10.3 Å². The van der Waals surface area contributed by atoms with Crippen LogP contribution in [0.2, 0.25) is 0 Å². The highest BCUT2D eigenvalue weighted by molar-refractivity contribution is 8.01. The minimum Gasteiger partial charge on any atom is -0.375 e. The first-order valence-electron chi connectivity index (χ1n) is 10.8. The summed E-state index contributed by atoms with van der Waals surface area (Å²) in [4.78, 5) is 29.3. The number of hydrogen-bond donors (Lipinski definition) is 1. The molecule has 0 unspecified atom stereocenters. The number of alkyl halides is 3. The zero-order valence-corrected chi connectivity index (χ0v) is 19.9. The third-order valence-corrected chi connectivity index (χ3v) is 7.42. The highest BCUT2D eigenvalue weighted by Crippen LogP contribution is 2.33. The van der Waals surface area contributed by atoms with Gasteiger partial charge in [-0.05, 0) is 25.0 Å². The highest BCUT2D eigenvalue weighted by Gasteiger charge is 2.34. The molecule has 0 saturated heterocycles. The van der Waals surface area contributed by atoms with Crippen molar-refractivity contribution in [1.82, 2.24) is 9.88 Å². The molecule has 0 atom stereocenters. The number of benzene rings is 1. The smallest absolute Gasteiger partial charge is 0.375 e. The fourth-order valence-electron chi connectivity index (χ4n) is 3.81. The normalized spacial score (nSPS) is 14.7. The van der Waals surface area contributed by atoms with E-state index in [1.54, 1.807) is 11.1 Å². The van der Waals surface area contributed by atoms with E-state index in [-0.39, 0.29) is 25.2 Å². The molecule has 3 rings (SSSR count). The van der Waals surface area contributed by atoms with Gasteiger partial charge in [-0.15, -0.1) is 11.8 Å². The zero-order chi connectivity index (χ0) is 24.6. The molecule has 0 bridgehead atoms. The number of thiazole rings is 1. The molecule has 1 fully saturated rings. The predicted molar refractivity (Wildman–Crippen MR) is 123 cm³/mol. The Bertz CT molecular complexity index is 965. The van der Waals surface area contributed by atoms with Crippen LogP contribution in [0.4, 0.5) is 27.5 Å². The Labute approximate surface area is 203 Å². The lowest BCUT2D eigenvalue weighted by Crippen LogP contribution is -2.45. The van der Waals surface area contributed by atoms with Gasteiger partial charge in [-0.1, -0.05) is 36.7 Å².